The Labute approximate surface area is 191 Å². The van der Waals surface area contributed by atoms with Crippen LogP contribution in [0, 0.1) is 0 Å². The molecule has 0 saturated heterocycles. The van der Waals surface area contributed by atoms with Crippen LogP contribution in [-0.4, -0.2) is 34.9 Å². The van der Waals surface area contributed by atoms with Crippen molar-refractivity contribution < 1.29 is 62.9 Å². The average Bonchev–Trinajstić information content (AvgIpc) is 2.68. The summed E-state index contributed by atoms with van der Waals surface area (Å²) in [6.07, 6.45) is -25.6. The third-order valence-electron chi connectivity index (χ3n) is 5.63. The van der Waals surface area contributed by atoms with Crippen LogP contribution in [0.25, 0.3) is 21.5 Å². The van der Waals surface area contributed by atoms with Crippen molar-refractivity contribution in [1.82, 2.24) is 0 Å². The van der Waals surface area contributed by atoms with E-state index in [1.165, 1.54) is 0 Å². The van der Waals surface area contributed by atoms with Gasteiger partial charge in [-0.05, 0) is 33.7 Å². The third kappa shape index (κ3) is 3.56. The first-order chi connectivity index (χ1) is 16.0. The van der Waals surface area contributed by atoms with E-state index >= 15 is 0 Å². The van der Waals surface area contributed by atoms with Gasteiger partial charge in [0.15, 0.2) is 0 Å². The summed E-state index contributed by atoms with van der Waals surface area (Å²) >= 11 is 0. The fourth-order valence-corrected chi connectivity index (χ4v) is 3.95. The van der Waals surface area contributed by atoms with Crippen LogP contribution in [0.4, 0.5) is 64.1 Å². The van der Waals surface area contributed by atoms with Gasteiger partial charge in [-0.2, -0.15) is 52.7 Å². The zero-order valence-corrected chi connectivity index (χ0v) is 17.0. The van der Waals surface area contributed by atoms with Gasteiger partial charge in [-0.1, -0.05) is 24.3 Å². The number of benzene rings is 3. The second-order valence-corrected chi connectivity index (χ2v) is 7.73. The highest BCUT2D eigenvalue weighted by atomic mass is 19.4. The molecule has 3 aromatic carbocycles. The molecule has 0 bridgehead atoms. The van der Waals surface area contributed by atoms with Crippen LogP contribution in [0.15, 0.2) is 36.4 Å². The summed E-state index contributed by atoms with van der Waals surface area (Å²) in [4.78, 5) is 0. The zero-order valence-electron chi connectivity index (χ0n) is 17.0. The summed E-state index contributed by atoms with van der Waals surface area (Å²) in [6.45, 7) is 0. The maximum atomic E-state index is 13.5. The van der Waals surface area contributed by atoms with E-state index in [-0.39, 0.29) is 0 Å². The molecule has 0 unspecified atom stereocenters. The van der Waals surface area contributed by atoms with Crippen LogP contribution in [0.1, 0.15) is 11.1 Å². The average molecular weight is 540 g/mol. The van der Waals surface area contributed by atoms with Crippen molar-refractivity contribution in [2.75, 3.05) is 11.5 Å². The summed E-state index contributed by atoms with van der Waals surface area (Å²) in [5.41, 5.74) is -6.80. The van der Waals surface area contributed by atoms with Gasteiger partial charge in [0.1, 0.15) is 0 Å². The normalized spacial score (nSPS) is 14.6. The van der Waals surface area contributed by atoms with Crippen LogP contribution in [0.3, 0.4) is 0 Å². The van der Waals surface area contributed by atoms with E-state index < -0.39 is 80.0 Å². The second-order valence-electron chi connectivity index (χ2n) is 7.73. The van der Waals surface area contributed by atoms with Crippen molar-refractivity contribution in [1.29, 1.82) is 0 Å². The summed E-state index contributed by atoms with van der Waals surface area (Å²) < 4.78 is 162. The number of aliphatic hydroxyl groups is 2. The number of alkyl halides is 12. The molecule has 0 saturated carbocycles. The standard InChI is InChI=1S/C20H12F12N2O2/c21-17(22,23)15(35,18(24,25)26)13-9-1-2-10-8(7(9)3-5-11(13)33)4-6-12(34)14(10)16(36,19(27,28)29)20(30,31)32/h1-6,35-36H,33-34H2. The molecule has 4 nitrogen and oxygen atoms in total. The number of rotatable bonds is 2. The predicted octanol–water partition coefficient (Wildman–Crippen LogP) is 5.78. The van der Waals surface area contributed by atoms with Crippen LogP contribution in [0.5, 0.6) is 0 Å². The van der Waals surface area contributed by atoms with Gasteiger partial charge in [0.05, 0.1) is 0 Å². The lowest BCUT2D eigenvalue weighted by Gasteiger charge is -2.35. The highest BCUT2D eigenvalue weighted by molar-refractivity contribution is 6.12. The van der Waals surface area contributed by atoms with Gasteiger partial charge in [-0.25, -0.2) is 0 Å². The Bertz CT molecular complexity index is 1210. The van der Waals surface area contributed by atoms with Crippen LogP contribution < -0.4 is 11.5 Å². The quantitative estimate of drug-likeness (QED) is 0.188. The Morgan fingerprint density at radius 2 is 0.639 bits per heavy atom. The molecule has 3 aromatic rings. The monoisotopic (exact) mass is 540 g/mol. The van der Waals surface area contributed by atoms with Crippen LogP contribution >= 0.6 is 0 Å². The minimum Gasteiger partial charge on any atom is -0.398 e. The number of nitrogens with two attached hydrogens (primary N) is 2. The molecule has 36 heavy (non-hydrogen) atoms. The van der Waals surface area contributed by atoms with Crippen molar-refractivity contribution in [2.45, 2.75) is 35.9 Å². The first-order valence-electron chi connectivity index (χ1n) is 9.27. The summed E-state index contributed by atoms with van der Waals surface area (Å²) in [5.74, 6) is 0. The molecule has 0 spiro atoms. The summed E-state index contributed by atoms with van der Waals surface area (Å²) in [7, 11) is 0. The topological polar surface area (TPSA) is 92.5 Å². The molecule has 0 amide bonds. The smallest absolute Gasteiger partial charge is 0.398 e. The van der Waals surface area contributed by atoms with E-state index in [0.717, 1.165) is 12.1 Å². The van der Waals surface area contributed by atoms with Crippen molar-refractivity contribution in [3.8, 4) is 0 Å². The zero-order chi connectivity index (χ0) is 27.9. The molecule has 198 valence electrons. The van der Waals surface area contributed by atoms with Gasteiger partial charge in [-0.3, -0.25) is 0 Å². The van der Waals surface area contributed by atoms with E-state index in [0.29, 0.717) is 24.3 Å². The number of hydrogen-bond donors (Lipinski definition) is 4. The Balaban J connectivity index is 2.58. The Morgan fingerprint density at radius 3 is 0.861 bits per heavy atom. The largest absolute Gasteiger partial charge is 0.430 e. The fourth-order valence-electron chi connectivity index (χ4n) is 3.95. The number of nitrogen functional groups attached to an aromatic ring is 2. The maximum absolute atomic E-state index is 13.5. The lowest BCUT2D eigenvalue weighted by molar-refractivity contribution is -0.376. The fraction of sp³-hybridized carbons (Fsp3) is 0.300. The molecule has 0 aliphatic carbocycles. The van der Waals surface area contributed by atoms with E-state index in [1.807, 2.05) is 0 Å². The molecular formula is C20H12F12N2O2. The van der Waals surface area contributed by atoms with Gasteiger partial charge in [0.2, 0.25) is 0 Å². The van der Waals surface area contributed by atoms with Gasteiger partial charge >= 0.3 is 24.7 Å². The van der Waals surface area contributed by atoms with Gasteiger partial charge < -0.3 is 21.7 Å². The SMILES string of the molecule is Nc1ccc2c(ccc3c(C(O)(C(F)(F)F)C(F)(F)F)c(N)ccc32)c1C(O)(C(F)(F)F)C(F)(F)F. The Morgan fingerprint density at radius 1 is 0.417 bits per heavy atom. The minimum absolute atomic E-state index is 0.307. The molecule has 0 radical (unpaired) electrons. The molecule has 0 aliphatic heterocycles. The van der Waals surface area contributed by atoms with Crippen molar-refractivity contribution in [2.24, 2.45) is 0 Å². The molecule has 0 aromatic heterocycles. The molecular weight excluding hydrogens is 528 g/mol. The Hall–Kier alpha value is -3.14. The van der Waals surface area contributed by atoms with Crippen LogP contribution in [-0.2, 0) is 11.2 Å². The molecule has 6 N–H and O–H groups in total. The number of hydrogen-bond acceptors (Lipinski definition) is 4. The van der Waals surface area contributed by atoms with Gasteiger partial charge in [0.25, 0.3) is 11.2 Å². The first-order valence-corrected chi connectivity index (χ1v) is 9.27. The number of anilines is 2. The summed E-state index contributed by atoms with van der Waals surface area (Å²) in [6, 6.07) is 2.97. The van der Waals surface area contributed by atoms with Crippen molar-refractivity contribution in [3.63, 3.8) is 0 Å². The predicted molar refractivity (Wildman–Crippen MR) is 102 cm³/mol. The Kier molecular flexibility index (Phi) is 5.85. The molecule has 0 fully saturated rings. The first kappa shape index (κ1) is 27.4. The number of fused-ring (bicyclic) bond motifs is 3. The van der Waals surface area contributed by atoms with E-state index in [4.69, 9.17) is 11.5 Å². The van der Waals surface area contributed by atoms with Crippen molar-refractivity contribution >= 4 is 32.9 Å². The maximum Gasteiger partial charge on any atom is 0.430 e. The van der Waals surface area contributed by atoms with Gasteiger partial charge in [-0.15, -0.1) is 0 Å². The van der Waals surface area contributed by atoms with Gasteiger partial charge in [0, 0.05) is 22.5 Å². The molecule has 0 heterocycles. The molecule has 0 atom stereocenters. The third-order valence-corrected chi connectivity index (χ3v) is 5.63. The number of halogens is 12. The lowest BCUT2D eigenvalue weighted by atomic mass is 9.82. The summed E-state index contributed by atoms with van der Waals surface area (Å²) in [5, 5.41) is 16.0. The van der Waals surface area contributed by atoms with Crippen molar-refractivity contribution in [3.05, 3.63) is 47.5 Å². The van der Waals surface area contributed by atoms with Crippen LogP contribution in [0.2, 0.25) is 0 Å². The van der Waals surface area contributed by atoms with E-state index in [2.05, 4.69) is 0 Å². The molecule has 3 rings (SSSR count). The van der Waals surface area contributed by atoms with E-state index in [9.17, 15) is 62.9 Å². The lowest BCUT2D eigenvalue weighted by Crippen LogP contribution is -2.54. The highest BCUT2D eigenvalue weighted by Crippen LogP contribution is 2.56. The second kappa shape index (κ2) is 7.68. The van der Waals surface area contributed by atoms with E-state index in [1.54, 1.807) is 0 Å². The molecule has 16 heteroatoms. The molecule has 0 aliphatic rings. The minimum atomic E-state index is -6.40. The highest BCUT2D eigenvalue weighted by Gasteiger charge is 2.73.